The fraction of sp³-hybridized carbons (Fsp3) is 0.375. The lowest BCUT2D eigenvalue weighted by molar-refractivity contribution is -0.119. The Morgan fingerprint density at radius 3 is 3.04 bits per heavy atom. The highest BCUT2D eigenvalue weighted by molar-refractivity contribution is 7.12. The number of aromatic nitrogens is 2. The predicted octanol–water partition coefficient (Wildman–Crippen LogP) is 2.15. The number of hydrogen-bond acceptors (Lipinski definition) is 5. The van der Waals surface area contributed by atoms with E-state index in [2.05, 4.69) is 15.3 Å². The van der Waals surface area contributed by atoms with Crippen LogP contribution in [-0.4, -0.2) is 33.2 Å². The molecule has 0 aliphatic carbocycles. The summed E-state index contributed by atoms with van der Waals surface area (Å²) in [5, 5.41) is 4.63. The van der Waals surface area contributed by atoms with Crippen molar-refractivity contribution >= 4 is 23.2 Å². The Balaban J connectivity index is 1.78. The monoisotopic (exact) mass is 330 g/mol. The molecule has 0 saturated carbocycles. The van der Waals surface area contributed by atoms with Crippen molar-refractivity contribution in [3.05, 3.63) is 46.2 Å². The molecule has 0 radical (unpaired) electrons. The topological polar surface area (TPSA) is 75.2 Å². The minimum Gasteiger partial charge on any atom is -0.351 e. The van der Waals surface area contributed by atoms with Crippen molar-refractivity contribution in [2.75, 3.05) is 6.54 Å². The Kier molecular flexibility index (Phi) is 4.66. The molecule has 3 heterocycles. The van der Waals surface area contributed by atoms with E-state index in [-0.39, 0.29) is 17.9 Å². The normalized spacial score (nSPS) is 17.3. The Morgan fingerprint density at radius 2 is 2.30 bits per heavy atom. The van der Waals surface area contributed by atoms with Crippen LogP contribution >= 0.6 is 11.3 Å². The van der Waals surface area contributed by atoms with Gasteiger partial charge in [0.05, 0.1) is 23.2 Å². The molecule has 6 nitrogen and oxygen atoms in total. The fourth-order valence-electron chi connectivity index (χ4n) is 2.71. The van der Waals surface area contributed by atoms with Gasteiger partial charge in [-0.1, -0.05) is 6.07 Å². The zero-order valence-corrected chi connectivity index (χ0v) is 13.7. The molecule has 0 aromatic carbocycles. The fourth-order valence-corrected chi connectivity index (χ4v) is 3.39. The number of carbonyl (C=O) groups is 2. The lowest BCUT2D eigenvalue weighted by Gasteiger charge is -2.23. The number of likely N-dealkylation sites (tertiary alicyclic amines) is 1. The average Bonchev–Trinajstić information content (AvgIpc) is 3.23. The van der Waals surface area contributed by atoms with Gasteiger partial charge in [0.1, 0.15) is 0 Å². The highest BCUT2D eigenvalue weighted by Crippen LogP contribution is 2.31. The van der Waals surface area contributed by atoms with Gasteiger partial charge < -0.3 is 10.2 Å². The van der Waals surface area contributed by atoms with Gasteiger partial charge in [-0.25, -0.2) is 9.97 Å². The molecular weight excluding hydrogens is 312 g/mol. The van der Waals surface area contributed by atoms with Crippen LogP contribution in [0.15, 0.2) is 29.8 Å². The highest BCUT2D eigenvalue weighted by atomic mass is 32.1. The zero-order valence-electron chi connectivity index (χ0n) is 12.9. The summed E-state index contributed by atoms with van der Waals surface area (Å²) in [5.41, 5.74) is 0.751. The van der Waals surface area contributed by atoms with Crippen LogP contribution in [0.4, 0.5) is 0 Å². The van der Waals surface area contributed by atoms with Crippen LogP contribution in [0.3, 0.4) is 0 Å². The SMILES string of the molecule is CC(=O)NCc1ccnc([C@H]2CCCN2C(=O)c2cccs2)n1. The van der Waals surface area contributed by atoms with Gasteiger partial charge in [0.2, 0.25) is 5.91 Å². The summed E-state index contributed by atoms with van der Waals surface area (Å²) in [6, 6.07) is 5.41. The molecule has 1 atom stereocenters. The number of thiophene rings is 1. The van der Waals surface area contributed by atoms with Gasteiger partial charge in [-0.05, 0) is 30.4 Å². The van der Waals surface area contributed by atoms with E-state index in [1.807, 2.05) is 22.4 Å². The molecule has 1 saturated heterocycles. The minimum absolute atomic E-state index is 0.0402. The van der Waals surface area contributed by atoms with Crippen LogP contribution in [0.25, 0.3) is 0 Å². The molecule has 0 spiro atoms. The number of rotatable bonds is 4. The van der Waals surface area contributed by atoms with E-state index in [0.717, 1.165) is 30.0 Å². The Hall–Kier alpha value is -2.28. The third kappa shape index (κ3) is 3.56. The molecule has 7 heteroatoms. The number of carbonyl (C=O) groups excluding carboxylic acids is 2. The standard InChI is InChI=1S/C16H18N4O2S/c1-11(21)18-10-12-6-7-17-15(19-12)13-4-2-8-20(13)16(22)14-5-3-9-23-14/h3,5-7,9,13H,2,4,8,10H2,1H3,(H,18,21)/t13-/m1/s1. The molecule has 120 valence electrons. The average molecular weight is 330 g/mol. The molecular formula is C16H18N4O2S. The molecule has 0 unspecified atom stereocenters. The lowest BCUT2D eigenvalue weighted by atomic mass is 10.2. The number of nitrogens with one attached hydrogen (secondary N) is 1. The molecule has 2 aromatic rings. The zero-order chi connectivity index (χ0) is 16.2. The summed E-state index contributed by atoms with van der Waals surface area (Å²) in [7, 11) is 0. The van der Waals surface area contributed by atoms with Gasteiger partial charge in [-0.2, -0.15) is 0 Å². The van der Waals surface area contributed by atoms with E-state index in [1.165, 1.54) is 18.3 Å². The van der Waals surface area contributed by atoms with Gasteiger partial charge in [0.15, 0.2) is 5.82 Å². The summed E-state index contributed by atoms with van der Waals surface area (Å²) in [4.78, 5) is 35.1. The number of amides is 2. The number of nitrogens with zero attached hydrogens (tertiary/aromatic N) is 3. The summed E-state index contributed by atoms with van der Waals surface area (Å²) in [6.45, 7) is 2.57. The van der Waals surface area contributed by atoms with Crippen molar-refractivity contribution < 1.29 is 9.59 Å². The largest absolute Gasteiger partial charge is 0.351 e. The second-order valence-corrected chi connectivity index (χ2v) is 6.40. The third-order valence-corrected chi connectivity index (χ3v) is 4.65. The van der Waals surface area contributed by atoms with Gasteiger partial charge >= 0.3 is 0 Å². The molecule has 23 heavy (non-hydrogen) atoms. The first kappa shape index (κ1) is 15.6. The lowest BCUT2D eigenvalue weighted by Crippen LogP contribution is -2.31. The molecule has 1 N–H and O–H groups in total. The van der Waals surface area contributed by atoms with Crippen molar-refractivity contribution in [2.45, 2.75) is 32.4 Å². The van der Waals surface area contributed by atoms with Gasteiger partial charge in [-0.3, -0.25) is 9.59 Å². The van der Waals surface area contributed by atoms with Gasteiger partial charge in [0.25, 0.3) is 5.91 Å². The smallest absolute Gasteiger partial charge is 0.264 e. The van der Waals surface area contributed by atoms with E-state index in [9.17, 15) is 9.59 Å². The van der Waals surface area contributed by atoms with Gasteiger partial charge in [-0.15, -0.1) is 11.3 Å². The van der Waals surface area contributed by atoms with Crippen molar-refractivity contribution in [3.8, 4) is 0 Å². The predicted molar refractivity (Wildman–Crippen MR) is 86.9 cm³/mol. The van der Waals surface area contributed by atoms with E-state index in [0.29, 0.717) is 12.4 Å². The van der Waals surface area contributed by atoms with Crippen molar-refractivity contribution in [2.24, 2.45) is 0 Å². The Bertz CT molecular complexity index is 702. The summed E-state index contributed by atoms with van der Waals surface area (Å²) in [6.07, 6.45) is 3.49. The van der Waals surface area contributed by atoms with Crippen molar-refractivity contribution in [1.29, 1.82) is 0 Å². The van der Waals surface area contributed by atoms with Crippen molar-refractivity contribution in [1.82, 2.24) is 20.2 Å². The molecule has 2 aromatic heterocycles. The second kappa shape index (κ2) is 6.87. The molecule has 1 fully saturated rings. The summed E-state index contributed by atoms with van der Waals surface area (Å²) < 4.78 is 0. The maximum absolute atomic E-state index is 12.6. The van der Waals surface area contributed by atoms with Crippen LogP contribution in [0.1, 0.15) is 47.0 Å². The first-order valence-corrected chi connectivity index (χ1v) is 8.44. The first-order valence-electron chi connectivity index (χ1n) is 7.56. The highest BCUT2D eigenvalue weighted by Gasteiger charge is 2.32. The maximum Gasteiger partial charge on any atom is 0.264 e. The van der Waals surface area contributed by atoms with E-state index < -0.39 is 0 Å². The molecule has 3 rings (SSSR count). The van der Waals surface area contributed by atoms with Crippen LogP contribution in [0.5, 0.6) is 0 Å². The van der Waals surface area contributed by atoms with Crippen LogP contribution in [0.2, 0.25) is 0 Å². The maximum atomic E-state index is 12.6. The van der Waals surface area contributed by atoms with Gasteiger partial charge in [0, 0.05) is 19.7 Å². The van der Waals surface area contributed by atoms with Crippen LogP contribution < -0.4 is 5.32 Å². The van der Waals surface area contributed by atoms with E-state index >= 15 is 0 Å². The molecule has 2 amide bonds. The minimum atomic E-state index is -0.0967. The third-order valence-electron chi connectivity index (χ3n) is 3.79. The van der Waals surface area contributed by atoms with Crippen molar-refractivity contribution in [3.63, 3.8) is 0 Å². The Morgan fingerprint density at radius 1 is 1.43 bits per heavy atom. The molecule has 1 aliphatic rings. The molecule has 1 aliphatic heterocycles. The van der Waals surface area contributed by atoms with Crippen LogP contribution in [0, 0.1) is 0 Å². The quantitative estimate of drug-likeness (QED) is 0.932. The first-order chi connectivity index (χ1) is 11.1. The molecule has 0 bridgehead atoms. The van der Waals surface area contributed by atoms with Crippen LogP contribution in [-0.2, 0) is 11.3 Å². The van der Waals surface area contributed by atoms with E-state index in [4.69, 9.17) is 0 Å². The van der Waals surface area contributed by atoms with E-state index in [1.54, 1.807) is 12.3 Å². The summed E-state index contributed by atoms with van der Waals surface area (Å²) in [5.74, 6) is 0.592. The Labute approximate surface area is 138 Å². The second-order valence-electron chi connectivity index (χ2n) is 5.45. The number of hydrogen-bond donors (Lipinski definition) is 1. The summed E-state index contributed by atoms with van der Waals surface area (Å²) >= 11 is 1.45.